The van der Waals surface area contributed by atoms with Crippen LogP contribution in [0.15, 0.2) is 30.3 Å². The first kappa shape index (κ1) is 12.5. The van der Waals surface area contributed by atoms with E-state index in [4.69, 9.17) is 0 Å². The fourth-order valence-electron chi connectivity index (χ4n) is 3.51. The average molecular weight is 260 g/mol. The molecule has 19 heavy (non-hydrogen) atoms. The Balaban J connectivity index is 1.57. The lowest BCUT2D eigenvalue weighted by Gasteiger charge is -2.37. The smallest absolute Gasteiger partial charge is 0.407 e. The van der Waals surface area contributed by atoms with Crippen LogP contribution in [0.3, 0.4) is 0 Å². The van der Waals surface area contributed by atoms with Gasteiger partial charge in [-0.15, -0.1) is 0 Å². The van der Waals surface area contributed by atoms with Crippen LogP contribution < -0.4 is 5.32 Å². The Bertz CT molecular complexity index is 435. The fraction of sp³-hybridized carbons (Fsp3) is 0.533. The molecule has 1 aromatic carbocycles. The largest absolute Gasteiger partial charge is 0.465 e. The molecule has 4 heteroatoms. The molecular formula is C15H20N2O2. The SMILES string of the molecule is O=C(O)N1C2CC[C@H]1CC(NCc1ccccc1)C2. The van der Waals surface area contributed by atoms with Gasteiger partial charge in [-0.25, -0.2) is 4.79 Å². The van der Waals surface area contributed by atoms with E-state index in [1.807, 2.05) is 18.2 Å². The number of hydrogen-bond donors (Lipinski definition) is 2. The summed E-state index contributed by atoms with van der Waals surface area (Å²) in [5.74, 6) is 0. The summed E-state index contributed by atoms with van der Waals surface area (Å²) in [6.45, 7) is 0.873. The number of piperidine rings is 1. The second-order valence-electron chi connectivity index (χ2n) is 5.61. The Morgan fingerprint density at radius 3 is 2.42 bits per heavy atom. The molecule has 2 unspecified atom stereocenters. The van der Waals surface area contributed by atoms with Crippen molar-refractivity contribution in [1.82, 2.24) is 10.2 Å². The number of amides is 1. The molecular weight excluding hydrogens is 240 g/mol. The third-order valence-electron chi connectivity index (χ3n) is 4.39. The normalized spacial score (nSPS) is 29.5. The van der Waals surface area contributed by atoms with Crippen LogP contribution in [0, 0.1) is 0 Å². The van der Waals surface area contributed by atoms with Gasteiger partial charge >= 0.3 is 6.09 Å². The number of rotatable bonds is 3. The summed E-state index contributed by atoms with van der Waals surface area (Å²) >= 11 is 0. The molecule has 2 bridgehead atoms. The molecule has 4 nitrogen and oxygen atoms in total. The number of fused-ring (bicyclic) bond motifs is 2. The van der Waals surface area contributed by atoms with Crippen molar-refractivity contribution >= 4 is 6.09 Å². The van der Waals surface area contributed by atoms with Crippen LogP contribution in [-0.4, -0.2) is 34.2 Å². The minimum Gasteiger partial charge on any atom is -0.465 e. The molecule has 2 aliphatic rings. The second-order valence-corrected chi connectivity index (χ2v) is 5.61. The Hall–Kier alpha value is -1.55. The van der Waals surface area contributed by atoms with E-state index < -0.39 is 6.09 Å². The highest BCUT2D eigenvalue weighted by molar-refractivity contribution is 5.66. The number of hydrogen-bond acceptors (Lipinski definition) is 2. The molecule has 2 N–H and O–H groups in total. The zero-order chi connectivity index (χ0) is 13.2. The summed E-state index contributed by atoms with van der Waals surface area (Å²) in [7, 11) is 0. The molecule has 1 aromatic rings. The predicted octanol–water partition coefficient (Wildman–Crippen LogP) is 2.45. The molecule has 3 atom stereocenters. The van der Waals surface area contributed by atoms with Crippen molar-refractivity contribution in [2.45, 2.75) is 50.4 Å². The lowest BCUT2D eigenvalue weighted by molar-refractivity contribution is 0.0919. The minimum absolute atomic E-state index is 0.226. The van der Waals surface area contributed by atoms with E-state index in [-0.39, 0.29) is 12.1 Å². The summed E-state index contributed by atoms with van der Waals surface area (Å²) in [6.07, 6.45) is 3.22. The first-order valence-corrected chi connectivity index (χ1v) is 7.02. The van der Waals surface area contributed by atoms with Crippen molar-refractivity contribution in [3.8, 4) is 0 Å². The first-order chi connectivity index (χ1) is 9.24. The van der Waals surface area contributed by atoms with E-state index in [2.05, 4.69) is 17.4 Å². The molecule has 0 radical (unpaired) electrons. The number of nitrogens with one attached hydrogen (secondary N) is 1. The zero-order valence-corrected chi connectivity index (χ0v) is 11.0. The van der Waals surface area contributed by atoms with Crippen molar-refractivity contribution in [2.24, 2.45) is 0 Å². The van der Waals surface area contributed by atoms with Gasteiger partial charge in [0.1, 0.15) is 0 Å². The van der Waals surface area contributed by atoms with Crippen LogP contribution in [0.4, 0.5) is 4.79 Å². The van der Waals surface area contributed by atoms with E-state index >= 15 is 0 Å². The van der Waals surface area contributed by atoms with Crippen LogP contribution >= 0.6 is 0 Å². The third kappa shape index (κ3) is 2.59. The van der Waals surface area contributed by atoms with E-state index in [0.29, 0.717) is 6.04 Å². The van der Waals surface area contributed by atoms with Crippen molar-refractivity contribution in [2.75, 3.05) is 0 Å². The van der Waals surface area contributed by atoms with Gasteiger partial charge in [0.2, 0.25) is 0 Å². The molecule has 0 spiro atoms. The highest BCUT2D eigenvalue weighted by Crippen LogP contribution is 2.35. The van der Waals surface area contributed by atoms with Crippen molar-refractivity contribution in [1.29, 1.82) is 0 Å². The molecule has 0 saturated carbocycles. The first-order valence-electron chi connectivity index (χ1n) is 7.02. The van der Waals surface area contributed by atoms with Crippen LogP contribution in [0.5, 0.6) is 0 Å². The van der Waals surface area contributed by atoms with E-state index in [9.17, 15) is 9.90 Å². The summed E-state index contributed by atoms with van der Waals surface area (Å²) in [4.78, 5) is 12.9. The lowest BCUT2D eigenvalue weighted by atomic mass is 9.97. The monoisotopic (exact) mass is 260 g/mol. The summed E-state index contributed by atoms with van der Waals surface area (Å²) < 4.78 is 0. The summed E-state index contributed by atoms with van der Waals surface area (Å²) in [5.41, 5.74) is 1.29. The van der Waals surface area contributed by atoms with Crippen LogP contribution in [0.2, 0.25) is 0 Å². The molecule has 0 aromatic heterocycles. The van der Waals surface area contributed by atoms with Gasteiger partial charge in [0.25, 0.3) is 0 Å². The van der Waals surface area contributed by atoms with E-state index in [1.165, 1.54) is 5.56 Å². The van der Waals surface area contributed by atoms with Gasteiger partial charge in [-0.2, -0.15) is 0 Å². The van der Waals surface area contributed by atoms with Gasteiger partial charge in [-0.3, -0.25) is 0 Å². The highest BCUT2D eigenvalue weighted by Gasteiger charge is 2.43. The molecule has 2 heterocycles. The lowest BCUT2D eigenvalue weighted by Crippen LogP contribution is -2.50. The van der Waals surface area contributed by atoms with Crippen molar-refractivity contribution in [3.63, 3.8) is 0 Å². The molecule has 2 aliphatic heterocycles. The summed E-state index contributed by atoms with van der Waals surface area (Å²) in [6, 6.07) is 11.3. The average Bonchev–Trinajstić information content (AvgIpc) is 2.70. The topological polar surface area (TPSA) is 52.6 Å². The molecule has 2 saturated heterocycles. The van der Waals surface area contributed by atoms with E-state index in [0.717, 1.165) is 32.2 Å². The molecule has 2 fully saturated rings. The van der Waals surface area contributed by atoms with Crippen LogP contribution in [0.1, 0.15) is 31.2 Å². The number of benzene rings is 1. The van der Waals surface area contributed by atoms with Gasteiger partial charge in [-0.05, 0) is 31.2 Å². The van der Waals surface area contributed by atoms with E-state index in [1.54, 1.807) is 4.90 Å². The maximum Gasteiger partial charge on any atom is 0.407 e. The molecule has 102 valence electrons. The number of carbonyl (C=O) groups is 1. The molecule has 3 rings (SSSR count). The van der Waals surface area contributed by atoms with Gasteiger partial charge in [-0.1, -0.05) is 30.3 Å². The summed E-state index contributed by atoms with van der Waals surface area (Å²) in [5, 5.41) is 12.8. The minimum atomic E-state index is -0.742. The predicted molar refractivity (Wildman–Crippen MR) is 73.0 cm³/mol. The maximum absolute atomic E-state index is 11.2. The fourth-order valence-corrected chi connectivity index (χ4v) is 3.51. The van der Waals surface area contributed by atoms with Gasteiger partial charge in [0, 0.05) is 24.7 Å². The van der Waals surface area contributed by atoms with Crippen LogP contribution in [0.25, 0.3) is 0 Å². The second kappa shape index (κ2) is 5.21. The van der Waals surface area contributed by atoms with Crippen LogP contribution in [-0.2, 0) is 6.54 Å². The third-order valence-corrected chi connectivity index (χ3v) is 4.39. The Kier molecular flexibility index (Phi) is 3.42. The molecule has 1 amide bonds. The quantitative estimate of drug-likeness (QED) is 0.877. The number of carboxylic acid groups (broad SMARTS) is 1. The van der Waals surface area contributed by atoms with Gasteiger partial charge in [0.15, 0.2) is 0 Å². The zero-order valence-electron chi connectivity index (χ0n) is 11.0. The Morgan fingerprint density at radius 1 is 1.21 bits per heavy atom. The standard InChI is InChI=1S/C15H20N2O2/c18-15(19)17-13-6-7-14(17)9-12(8-13)16-10-11-4-2-1-3-5-11/h1-5,12-14,16H,6-10H2,(H,18,19)/t12?,13-,14?/m0/s1. The van der Waals surface area contributed by atoms with Crippen molar-refractivity contribution < 1.29 is 9.90 Å². The highest BCUT2D eigenvalue weighted by atomic mass is 16.4. The van der Waals surface area contributed by atoms with Gasteiger partial charge in [0.05, 0.1) is 0 Å². The maximum atomic E-state index is 11.2. The Labute approximate surface area is 113 Å². The van der Waals surface area contributed by atoms with Gasteiger partial charge < -0.3 is 15.3 Å². The molecule has 0 aliphatic carbocycles. The number of nitrogens with zero attached hydrogens (tertiary/aromatic N) is 1. The Morgan fingerprint density at radius 2 is 1.84 bits per heavy atom. The van der Waals surface area contributed by atoms with Crippen molar-refractivity contribution in [3.05, 3.63) is 35.9 Å².